The lowest BCUT2D eigenvalue weighted by Gasteiger charge is -2.23. The zero-order valence-electron chi connectivity index (χ0n) is 16.1. The fraction of sp³-hybridized carbons (Fsp3) is 0.381. The third-order valence-electron chi connectivity index (χ3n) is 6.03. The van der Waals surface area contributed by atoms with Crippen molar-refractivity contribution in [3.8, 4) is 5.69 Å². The first-order valence-corrected chi connectivity index (χ1v) is 9.79. The maximum atomic E-state index is 13.4. The molecule has 28 heavy (non-hydrogen) atoms. The number of nitrogens with zero attached hydrogens (tertiary/aromatic N) is 4. The van der Waals surface area contributed by atoms with Crippen LogP contribution in [0, 0.1) is 6.92 Å². The van der Waals surface area contributed by atoms with Crippen LogP contribution in [0.5, 0.6) is 0 Å². The number of carbonyl (C=O) groups is 1. The summed E-state index contributed by atoms with van der Waals surface area (Å²) in [6, 6.07) is 9.59. The highest BCUT2D eigenvalue weighted by atomic mass is 16.2. The molecule has 1 atom stereocenters. The Balaban J connectivity index is 1.70. The first-order valence-electron chi connectivity index (χ1n) is 9.79. The standard InChI is InChI=1S/C21H23N5O2/c1-13-18(21(28)26(24(13)2)14-8-4-3-5-9-14)15-12-17(27)23-20-19(15)22-16-10-6-7-11-25(16)20/h3-5,8-9,15H,6-7,10-12H2,1-2H3,(H,23,27). The lowest BCUT2D eigenvalue weighted by atomic mass is 9.90. The molecule has 0 spiro atoms. The van der Waals surface area contributed by atoms with Gasteiger partial charge in [-0.3, -0.25) is 14.3 Å². The maximum absolute atomic E-state index is 13.4. The van der Waals surface area contributed by atoms with E-state index in [9.17, 15) is 9.59 Å². The molecule has 2 aromatic heterocycles. The Kier molecular flexibility index (Phi) is 3.79. The van der Waals surface area contributed by atoms with Crippen LogP contribution in [0.15, 0.2) is 35.1 Å². The number of nitrogens with one attached hydrogen (secondary N) is 1. The minimum atomic E-state index is -0.314. The SMILES string of the molecule is Cc1c(C2CC(=O)Nc3c2nc2n3CCCC2)c(=O)n(-c2ccccc2)n1C. The van der Waals surface area contributed by atoms with E-state index >= 15 is 0 Å². The molecule has 1 aromatic carbocycles. The van der Waals surface area contributed by atoms with Gasteiger partial charge >= 0.3 is 0 Å². The van der Waals surface area contributed by atoms with E-state index in [2.05, 4.69) is 9.88 Å². The molecule has 7 nitrogen and oxygen atoms in total. The quantitative estimate of drug-likeness (QED) is 0.746. The average Bonchev–Trinajstić information content (AvgIpc) is 3.17. The normalized spacial score (nSPS) is 18.5. The highest BCUT2D eigenvalue weighted by Gasteiger charge is 2.36. The van der Waals surface area contributed by atoms with E-state index in [0.29, 0.717) is 5.56 Å². The van der Waals surface area contributed by atoms with Crippen molar-refractivity contribution in [1.82, 2.24) is 18.9 Å². The lowest BCUT2D eigenvalue weighted by Crippen LogP contribution is -2.29. The van der Waals surface area contributed by atoms with Gasteiger partial charge in [-0.25, -0.2) is 9.67 Å². The zero-order valence-corrected chi connectivity index (χ0v) is 16.1. The Morgan fingerprint density at radius 3 is 2.71 bits per heavy atom. The lowest BCUT2D eigenvalue weighted by molar-refractivity contribution is -0.116. The third kappa shape index (κ3) is 2.38. The predicted octanol–water partition coefficient (Wildman–Crippen LogP) is 2.49. The molecule has 0 fully saturated rings. The Hall–Kier alpha value is -3.09. The van der Waals surface area contributed by atoms with Crippen molar-refractivity contribution in [3.63, 3.8) is 0 Å². The molecule has 1 amide bonds. The molecular weight excluding hydrogens is 354 g/mol. The molecule has 0 saturated carbocycles. The van der Waals surface area contributed by atoms with Gasteiger partial charge in [0.25, 0.3) is 5.56 Å². The molecule has 4 heterocycles. The molecule has 0 radical (unpaired) electrons. The highest BCUT2D eigenvalue weighted by molar-refractivity contribution is 5.94. The number of para-hydroxylation sites is 1. The van der Waals surface area contributed by atoms with Crippen LogP contribution in [0.1, 0.15) is 48.0 Å². The Labute approximate surface area is 162 Å². The second-order valence-corrected chi connectivity index (χ2v) is 7.65. The monoisotopic (exact) mass is 377 g/mol. The van der Waals surface area contributed by atoms with E-state index in [1.165, 1.54) is 0 Å². The summed E-state index contributed by atoms with van der Waals surface area (Å²) >= 11 is 0. The number of aromatic nitrogens is 4. The number of anilines is 1. The molecule has 1 unspecified atom stereocenters. The third-order valence-corrected chi connectivity index (χ3v) is 6.03. The summed E-state index contributed by atoms with van der Waals surface area (Å²) in [7, 11) is 1.88. The molecular formula is C21H23N5O2. The van der Waals surface area contributed by atoms with E-state index in [4.69, 9.17) is 4.98 Å². The fourth-order valence-electron chi connectivity index (χ4n) is 4.57. The van der Waals surface area contributed by atoms with Crippen LogP contribution in [0.4, 0.5) is 5.82 Å². The summed E-state index contributed by atoms with van der Waals surface area (Å²) in [4.78, 5) is 30.8. The van der Waals surface area contributed by atoms with Gasteiger partial charge < -0.3 is 9.88 Å². The van der Waals surface area contributed by atoms with E-state index in [-0.39, 0.29) is 23.8 Å². The summed E-state index contributed by atoms with van der Waals surface area (Å²) in [6.45, 7) is 2.81. The minimum Gasteiger partial charge on any atom is -0.314 e. The smallest absolute Gasteiger partial charge is 0.275 e. The summed E-state index contributed by atoms with van der Waals surface area (Å²) in [6.07, 6.45) is 3.36. The van der Waals surface area contributed by atoms with Gasteiger partial charge in [-0.05, 0) is 31.9 Å². The van der Waals surface area contributed by atoms with Crippen LogP contribution in [-0.4, -0.2) is 24.8 Å². The van der Waals surface area contributed by atoms with Crippen LogP contribution in [0.2, 0.25) is 0 Å². The summed E-state index contributed by atoms with van der Waals surface area (Å²) in [5.41, 5.74) is 3.10. The van der Waals surface area contributed by atoms with Gasteiger partial charge in [0.2, 0.25) is 5.91 Å². The Morgan fingerprint density at radius 1 is 1.14 bits per heavy atom. The van der Waals surface area contributed by atoms with Crippen molar-refractivity contribution >= 4 is 11.7 Å². The van der Waals surface area contributed by atoms with E-state index in [1.54, 1.807) is 4.68 Å². The first kappa shape index (κ1) is 17.0. The number of aryl methyl sites for hydroxylation is 1. The fourth-order valence-corrected chi connectivity index (χ4v) is 4.57. The number of hydrogen-bond acceptors (Lipinski definition) is 3. The van der Waals surface area contributed by atoms with Crippen LogP contribution in [0.3, 0.4) is 0 Å². The number of fused-ring (bicyclic) bond motifs is 3. The van der Waals surface area contributed by atoms with Crippen molar-refractivity contribution in [2.45, 2.75) is 45.1 Å². The Bertz CT molecular complexity index is 1140. The van der Waals surface area contributed by atoms with Crippen molar-refractivity contribution < 1.29 is 4.79 Å². The number of carbonyl (C=O) groups excluding carboxylic acids is 1. The molecule has 2 aliphatic rings. The van der Waals surface area contributed by atoms with Crippen LogP contribution in [0.25, 0.3) is 5.69 Å². The topological polar surface area (TPSA) is 73.8 Å². The van der Waals surface area contributed by atoms with E-state index in [0.717, 1.165) is 54.5 Å². The largest absolute Gasteiger partial charge is 0.314 e. The Morgan fingerprint density at radius 2 is 1.93 bits per heavy atom. The summed E-state index contributed by atoms with van der Waals surface area (Å²) < 4.78 is 5.67. The average molecular weight is 377 g/mol. The van der Waals surface area contributed by atoms with Gasteiger partial charge in [-0.1, -0.05) is 18.2 Å². The maximum Gasteiger partial charge on any atom is 0.275 e. The van der Waals surface area contributed by atoms with Gasteiger partial charge in [0.15, 0.2) is 0 Å². The van der Waals surface area contributed by atoms with Gasteiger partial charge in [-0.2, -0.15) is 0 Å². The van der Waals surface area contributed by atoms with Gasteiger partial charge in [0.05, 0.1) is 11.4 Å². The number of hydrogen-bond donors (Lipinski definition) is 1. The number of benzene rings is 1. The molecule has 2 aliphatic heterocycles. The van der Waals surface area contributed by atoms with Crippen LogP contribution < -0.4 is 10.9 Å². The number of amides is 1. The van der Waals surface area contributed by atoms with Crippen molar-refractivity contribution in [2.75, 3.05) is 5.32 Å². The molecule has 3 aromatic rings. The van der Waals surface area contributed by atoms with E-state index in [1.807, 2.05) is 49.0 Å². The summed E-state index contributed by atoms with van der Waals surface area (Å²) in [5.74, 6) is 1.43. The van der Waals surface area contributed by atoms with Crippen molar-refractivity contribution in [2.24, 2.45) is 7.05 Å². The van der Waals surface area contributed by atoms with Crippen LogP contribution >= 0.6 is 0 Å². The first-order chi connectivity index (χ1) is 13.6. The van der Waals surface area contributed by atoms with Gasteiger partial charge in [0.1, 0.15) is 11.6 Å². The highest BCUT2D eigenvalue weighted by Crippen LogP contribution is 2.38. The number of rotatable bonds is 2. The molecule has 0 bridgehead atoms. The predicted molar refractivity (Wildman–Crippen MR) is 106 cm³/mol. The minimum absolute atomic E-state index is 0.0558. The molecule has 1 N–H and O–H groups in total. The van der Waals surface area contributed by atoms with Gasteiger partial charge in [-0.15, -0.1) is 0 Å². The molecule has 7 heteroatoms. The molecule has 5 rings (SSSR count). The summed E-state index contributed by atoms with van der Waals surface area (Å²) in [5, 5.41) is 3.01. The number of imidazole rings is 1. The molecule has 0 saturated heterocycles. The van der Waals surface area contributed by atoms with Crippen molar-refractivity contribution in [3.05, 3.63) is 63.5 Å². The van der Waals surface area contributed by atoms with E-state index < -0.39 is 0 Å². The second-order valence-electron chi connectivity index (χ2n) is 7.65. The van der Waals surface area contributed by atoms with Gasteiger partial charge in [0, 0.05) is 43.6 Å². The zero-order chi connectivity index (χ0) is 19.4. The van der Waals surface area contributed by atoms with Crippen molar-refractivity contribution in [1.29, 1.82) is 0 Å². The molecule has 0 aliphatic carbocycles. The molecule has 144 valence electrons. The second kappa shape index (κ2) is 6.22. The van der Waals surface area contributed by atoms with Crippen LogP contribution in [-0.2, 0) is 24.8 Å².